The number of nitrogens with zero attached hydrogens (tertiary/aromatic N) is 1. The molecule has 4 N–H and O–H groups in total. The number of H-pyrrole nitrogens is 1. The molecule has 1 unspecified atom stereocenters. The van der Waals surface area contributed by atoms with Crippen LogP contribution in [0.2, 0.25) is 0 Å². The minimum Gasteiger partial charge on any atom is -0.394 e. The van der Waals surface area contributed by atoms with Crippen LogP contribution in [0.5, 0.6) is 0 Å². The van der Waals surface area contributed by atoms with Crippen molar-refractivity contribution in [2.75, 3.05) is 6.61 Å². The number of hydrogen-bond acceptors (Lipinski definition) is 5. The van der Waals surface area contributed by atoms with Crippen LogP contribution in [0.25, 0.3) is 11.0 Å². The summed E-state index contributed by atoms with van der Waals surface area (Å²) in [4.78, 5) is 7.36. The molecule has 112 valence electrons. The van der Waals surface area contributed by atoms with Gasteiger partial charge >= 0.3 is 0 Å². The average molecular weight is 323 g/mol. The van der Waals surface area contributed by atoms with Crippen molar-refractivity contribution in [2.45, 2.75) is 24.4 Å². The van der Waals surface area contributed by atoms with Crippen molar-refractivity contribution in [3.63, 3.8) is 0 Å². The molecule has 1 aliphatic rings. The summed E-state index contributed by atoms with van der Waals surface area (Å²) in [6, 6.07) is 7.45. The SMILES string of the molecule is Cl.Cl.OC[C@H]1OC(c2nc3ccccc3[nH]2)[C@H](O)[C@@H]1O. The van der Waals surface area contributed by atoms with Gasteiger partial charge in [0.15, 0.2) is 0 Å². The maximum absolute atomic E-state index is 9.89. The molecule has 0 saturated carbocycles. The van der Waals surface area contributed by atoms with Gasteiger partial charge in [-0.1, -0.05) is 12.1 Å². The Morgan fingerprint density at radius 3 is 2.45 bits per heavy atom. The Bertz CT molecular complexity index is 532. The molecule has 2 aromatic rings. The molecule has 0 aliphatic carbocycles. The number of hydrogen-bond donors (Lipinski definition) is 4. The lowest BCUT2D eigenvalue weighted by Crippen LogP contribution is -2.32. The number of imidazole rings is 1. The lowest BCUT2D eigenvalue weighted by atomic mass is 10.1. The highest BCUT2D eigenvalue weighted by Crippen LogP contribution is 2.32. The molecule has 6 nitrogen and oxygen atoms in total. The second kappa shape index (κ2) is 6.71. The summed E-state index contributed by atoms with van der Waals surface area (Å²) in [6.07, 6.45) is -3.72. The van der Waals surface area contributed by atoms with Crippen molar-refractivity contribution in [3.8, 4) is 0 Å². The molecule has 1 aromatic heterocycles. The van der Waals surface area contributed by atoms with Gasteiger partial charge in [-0.05, 0) is 12.1 Å². The van der Waals surface area contributed by atoms with E-state index in [9.17, 15) is 10.2 Å². The number of halogens is 2. The molecule has 4 atom stereocenters. The van der Waals surface area contributed by atoms with Crippen LogP contribution in [-0.2, 0) is 4.74 Å². The van der Waals surface area contributed by atoms with Gasteiger partial charge in [0.05, 0.1) is 17.6 Å². The van der Waals surface area contributed by atoms with E-state index in [-0.39, 0.29) is 31.4 Å². The smallest absolute Gasteiger partial charge is 0.144 e. The Morgan fingerprint density at radius 1 is 1.15 bits per heavy atom. The summed E-state index contributed by atoms with van der Waals surface area (Å²) in [5.74, 6) is 0.457. The molecular formula is C12H16Cl2N2O4. The van der Waals surface area contributed by atoms with E-state index in [1.165, 1.54) is 0 Å². The van der Waals surface area contributed by atoms with Crippen molar-refractivity contribution in [2.24, 2.45) is 0 Å². The third-order valence-electron chi connectivity index (χ3n) is 3.22. The molecule has 1 fully saturated rings. The molecule has 0 radical (unpaired) electrons. The van der Waals surface area contributed by atoms with E-state index in [1.54, 1.807) is 0 Å². The highest BCUT2D eigenvalue weighted by molar-refractivity contribution is 5.85. The van der Waals surface area contributed by atoms with E-state index >= 15 is 0 Å². The van der Waals surface area contributed by atoms with Crippen LogP contribution in [0.15, 0.2) is 24.3 Å². The summed E-state index contributed by atoms with van der Waals surface area (Å²) in [7, 11) is 0. The largest absolute Gasteiger partial charge is 0.394 e. The minimum atomic E-state index is -1.10. The Kier molecular flexibility index (Phi) is 5.76. The Balaban J connectivity index is 0.000001000. The number of aromatic nitrogens is 2. The topological polar surface area (TPSA) is 98.6 Å². The van der Waals surface area contributed by atoms with Crippen LogP contribution in [0.4, 0.5) is 0 Å². The lowest BCUT2D eigenvalue weighted by Gasteiger charge is -2.11. The number of aromatic amines is 1. The number of rotatable bonds is 2. The maximum Gasteiger partial charge on any atom is 0.144 e. The third kappa shape index (κ3) is 2.76. The number of nitrogens with one attached hydrogen (secondary N) is 1. The van der Waals surface area contributed by atoms with Gasteiger partial charge in [0.25, 0.3) is 0 Å². The highest BCUT2D eigenvalue weighted by atomic mass is 35.5. The average Bonchev–Trinajstić information content (AvgIpc) is 2.92. The van der Waals surface area contributed by atoms with Crippen LogP contribution in [0.1, 0.15) is 11.9 Å². The third-order valence-corrected chi connectivity index (χ3v) is 3.22. The molecule has 1 aliphatic heterocycles. The van der Waals surface area contributed by atoms with Gasteiger partial charge in [-0.2, -0.15) is 0 Å². The maximum atomic E-state index is 9.89. The number of aliphatic hydroxyl groups excluding tert-OH is 3. The van der Waals surface area contributed by atoms with E-state index in [4.69, 9.17) is 9.84 Å². The van der Waals surface area contributed by atoms with Crippen molar-refractivity contribution < 1.29 is 20.1 Å². The molecule has 1 saturated heterocycles. The Morgan fingerprint density at radius 2 is 1.85 bits per heavy atom. The fraction of sp³-hybridized carbons (Fsp3) is 0.417. The van der Waals surface area contributed by atoms with E-state index < -0.39 is 24.4 Å². The van der Waals surface area contributed by atoms with E-state index in [0.29, 0.717) is 5.82 Å². The summed E-state index contributed by atoms with van der Waals surface area (Å²) in [6.45, 7) is -0.338. The summed E-state index contributed by atoms with van der Waals surface area (Å²) in [5.41, 5.74) is 1.61. The zero-order valence-electron chi connectivity index (χ0n) is 10.3. The summed E-state index contributed by atoms with van der Waals surface area (Å²) >= 11 is 0. The van der Waals surface area contributed by atoms with Crippen molar-refractivity contribution in [1.82, 2.24) is 9.97 Å². The first-order valence-corrected chi connectivity index (χ1v) is 5.78. The van der Waals surface area contributed by atoms with Gasteiger partial charge in [-0.15, -0.1) is 24.8 Å². The fourth-order valence-electron chi connectivity index (χ4n) is 2.23. The van der Waals surface area contributed by atoms with E-state index in [2.05, 4.69) is 9.97 Å². The van der Waals surface area contributed by atoms with Gasteiger partial charge in [0.2, 0.25) is 0 Å². The Hall–Kier alpha value is -0.890. The molecule has 2 heterocycles. The second-order valence-corrected chi connectivity index (χ2v) is 4.40. The second-order valence-electron chi connectivity index (χ2n) is 4.40. The van der Waals surface area contributed by atoms with Crippen LogP contribution in [0.3, 0.4) is 0 Å². The minimum absolute atomic E-state index is 0. The Labute approximate surface area is 127 Å². The van der Waals surface area contributed by atoms with Gasteiger partial charge < -0.3 is 25.0 Å². The van der Waals surface area contributed by atoms with Gasteiger partial charge in [-0.25, -0.2) is 4.98 Å². The first kappa shape index (κ1) is 17.2. The van der Waals surface area contributed by atoms with Crippen molar-refractivity contribution in [1.29, 1.82) is 0 Å². The highest BCUT2D eigenvalue weighted by Gasteiger charge is 2.44. The van der Waals surface area contributed by atoms with E-state index in [1.807, 2.05) is 24.3 Å². The monoisotopic (exact) mass is 322 g/mol. The van der Waals surface area contributed by atoms with Gasteiger partial charge in [0.1, 0.15) is 30.2 Å². The molecule has 0 bridgehead atoms. The van der Waals surface area contributed by atoms with Crippen molar-refractivity contribution >= 4 is 35.8 Å². The molecule has 1 aromatic carbocycles. The van der Waals surface area contributed by atoms with Crippen molar-refractivity contribution in [3.05, 3.63) is 30.1 Å². The van der Waals surface area contributed by atoms with E-state index in [0.717, 1.165) is 11.0 Å². The van der Waals surface area contributed by atoms with Crippen LogP contribution < -0.4 is 0 Å². The fourth-order valence-corrected chi connectivity index (χ4v) is 2.23. The number of ether oxygens (including phenoxy) is 1. The molecule has 20 heavy (non-hydrogen) atoms. The number of para-hydroxylation sites is 2. The van der Waals surface area contributed by atoms with Gasteiger partial charge in [-0.3, -0.25) is 0 Å². The van der Waals surface area contributed by atoms with Crippen LogP contribution in [0, 0.1) is 0 Å². The van der Waals surface area contributed by atoms with Gasteiger partial charge in [0, 0.05) is 0 Å². The zero-order chi connectivity index (χ0) is 12.7. The first-order valence-electron chi connectivity index (χ1n) is 5.78. The summed E-state index contributed by atoms with van der Waals surface area (Å²) < 4.78 is 5.41. The first-order chi connectivity index (χ1) is 8.70. The predicted octanol–water partition coefficient (Wildman–Crippen LogP) is 0.560. The molecule has 0 spiro atoms. The lowest BCUT2D eigenvalue weighted by molar-refractivity contribution is -0.0249. The number of benzene rings is 1. The quantitative estimate of drug-likeness (QED) is 0.647. The summed E-state index contributed by atoms with van der Waals surface area (Å²) in [5, 5.41) is 28.6. The normalized spacial score (nSPS) is 28.9. The molecular weight excluding hydrogens is 307 g/mol. The van der Waals surface area contributed by atoms with Crippen LogP contribution in [-0.4, -0.2) is 50.2 Å². The predicted molar refractivity (Wildman–Crippen MR) is 77.3 cm³/mol. The molecule has 0 amide bonds. The van der Waals surface area contributed by atoms with Crippen LogP contribution >= 0.6 is 24.8 Å². The molecule has 3 rings (SSSR count). The number of aliphatic hydroxyl groups is 3. The standard InChI is InChI=1S/C12H14N2O4.2ClH/c15-5-8-9(16)10(17)11(18-8)12-13-6-3-1-2-4-7(6)14-12;;/h1-4,8-11,15-17H,5H2,(H,13,14);2*1H/t8-,9-,10-,11?;;/m1../s1. The number of fused-ring (bicyclic) bond motifs is 1. The zero-order valence-corrected chi connectivity index (χ0v) is 12.0. The molecule has 8 heteroatoms.